The van der Waals surface area contributed by atoms with E-state index in [1.807, 2.05) is 13.8 Å². The van der Waals surface area contributed by atoms with Crippen molar-refractivity contribution in [2.75, 3.05) is 32.7 Å². The number of hydrogen-bond acceptors (Lipinski definition) is 4. The molecule has 0 spiro atoms. The summed E-state index contributed by atoms with van der Waals surface area (Å²) in [7, 11) is 0. The van der Waals surface area contributed by atoms with Crippen molar-refractivity contribution in [1.82, 2.24) is 15.5 Å². The maximum absolute atomic E-state index is 12.8. The number of rotatable bonds is 17. The van der Waals surface area contributed by atoms with Crippen LogP contribution in [0.4, 0.5) is 0 Å². The molecule has 0 fully saturated rings. The Hall–Kier alpha value is -0.450. The van der Waals surface area contributed by atoms with Gasteiger partial charge in [-0.25, -0.2) is 0 Å². The first-order chi connectivity index (χ1) is 14.7. The maximum Gasteiger partial charge on any atom is 0.149 e. The summed E-state index contributed by atoms with van der Waals surface area (Å²) in [5.41, 5.74) is 0.678. The second-order valence-corrected chi connectivity index (χ2v) is 14.8. The van der Waals surface area contributed by atoms with Gasteiger partial charge in [-0.15, -0.1) is 0 Å². The van der Waals surface area contributed by atoms with Gasteiger partial charge in [-0.2, -0.15) is 0 Å². The quantitative estimate of drug-likeness (QED) is 0.260. The fourth-order valence-electron chi connectivity index (χ4n) is 5.57. The highest BCUT2D eigenvalue weighted by Crippen LogP contribution is 2.37. The fraction of sp³-hybridized carbons (Fsp3) is 0.966. The zero-order chi connectivity index (χ0) is 26.3. The smallest absolute Gasteiger partial charge is 0.149 e. The SMILES string of the molecule is CC(C)NCC(C)(C)CC(C)(C)CN(CC(=O)C(C)C)CC(C)(C)CC(C)(C)CNC(C)C. The molecule has 0 unspecified atom stereocenters. The van der Waals surface area contributed by atoms with E-state index in [1.54, 1.807) is 0 Å². The van der Waals surface area contributed by atoms with Crippen LogP contribution in [0.3, 0.4) is 0 Å². The Morgan fingerprint density at radius 1 is 0.636 bits per heavy atom. The second-order valence-electron chi connectivity index (χ2n) is 14.8. The lowest BCUT2D eigenvalue weighted by Gasteiger charge is -2.43. The van der Waals surface area contributed by atoms with Crippen LogP contribution >= 0.6 is 0 Å². The van der Waals surface area contributed by atoms with Crippen LogP contribution in [0.15, 0.2) is 0 Å². The Bertz CT molecular complexity index is 533. The largest absolute Gasteiger partial charge is 0.314 e. The minimum Gasteiger partial charge on any atom is -0.314 e. The molecule has 0 aliphatic carbocycles. The van der Waals surface area contributed by atoms with Crippen LogP contribution < -0.4 is 10.6 Å². The predicted molar refractivity (Wildman–Crippen MR) is 147 cm³/mol. The summed E-state index contributed by atoms with van der Waals surface area (Å²) in [4.78, 5) is 15.2. The van der Waals surface area contributed by atoms with Gasteiger partial charge in [0.1, 0.15) is 5.78 Å². The molecule has 0 aliphatic rings. The van der Waals surface area contributed by atoms with Gasteiger partial charge in [-0.05, 0) is 34.5 Å². The van der Waals surface area contributed by atoms with E-state index >= 15 is 0 Å². The highest BCUT2D eigenvalue weighted by atomic mass is 16.1. The number of Topliss-reactive ketones (excluding diaryl/α,β-unsaturated/α-hetero) is 1. The van der Waals surface area contributed by atoms with Crippen molar-refractivity contribution in [3.05, 3.63) is 0 Å². The van der Waals surface area contributed by atoms with Gasteiger partial charge >= 0.3 is 0 Å². The zero-order valence-electron chi connectivity index (χ0n) is 25.0. The molecule has 0 aromatic carbocycles. The Kier molecular flexibility index (Phi) is 12.8. The molecule has 0 aromatic rings. The lowest BCUT2D eigenvalue weighted by Crippen LogP contribution is -2.47. The monoisotopic (exact) mass is 467 g/mol. The Morgan fingerprint density at radius 3 is 1.24 bits per heavy atom. The van der Waals surface area contributed by atoms with Gasteiger partial charge < -0.3 is 10.6 Å². The molecule has 2 N–H and O–H groups in total. The third-order valence-electron chi connectivity index (χ3n) is 6.22. The van der Waals surface area contributed by atoms with Crippen LogP contribution in [0.1, 0.15) is 110 Å². The zero-order valence-corrected chi connectivity index (χ0v) is 25.0. The van der Waals surface area contributed by atoms with Crippen LogP contribution in [0.25, 0.3) is 0 Å². The number of nitrogens with one attached hydrogen (secondary N) is 2. The first kappa shape index (κ1) is 32.5. The van der Waals surface area contributed by atoms with Gasteiger partial charge in [-0.3, -0.25) is 9.69 Å². The van der Waals surface area contributed by atoms with E-state index in [2.05, 4.69) is 98.6 Å². The van der Waals surface area contributed by atoms with Gasteiger partial charge in [0.15, 0.2) is 0 Å². The summed E-state index contributed by atoms with van der Waals surface area (Å²) in [5, 5.41) is 7.24. The van der Waals surface area contributed by atoms with E-state index in [9.17, 15) is 4.79 Å². The van der Waals surface area contributed by atoms with Crippen molar-refractivity contribution in [3.63, 3.8) is 0 Å². The maximum atomic E-state index is 12.8. The summed E-state index contributed by atoms with van der Waals surface area (Å²) in [6.07, 6.45) is 2.24. The molecule has 4 nitrogen and oxygen atoms in total. The van der Waals surface area contributed by atoms with Gasteiger partial charge in [0.25, 0.3) is 0 Å². The Balaban J connectivity index is 5.44. The number of ketones is 1. The standard InChI is InChI=1S/C29H61N3O/c1-22(2)25(33)15-32(20-28(11,12)16-26(7,8)18-30-23(3)4)21-29(13,14)17-27(9,10)19-31-24(5)6/h22-24,30-31H,15-21H2,1-14H3. The molecule has 0 aliphatic heterocycles. The third-order valence-corrected chi connectivity index (χ3v) is 6.22. The average molecular weight is 468 g/mol. The molecule has 0 radical (unpaired) electrons. The molecular weight excluding hydrogens is 406 g/mol. The molecule has 0 saturated heterocycles. The molecular formula is C29H61N3O. The fourth-order valence-corrected chi connectivity index (χ4v) is 5.57. The molecule has 198 valence electrons. The van der Waals surface area contributed by atoms with Gasteiger partial charge in [-0.1, -0.05) is 96.9 Å². The van der Waals surface area contributed by atoms with Crippen molar-refractivity contribution in [2.24, 2.45) is 27.6 Å². The lowest BCUT2D eigenvalue weighted by atomic mass is 9.73. The van der Waals surface area contributed by atoms with Crippen molar-refractivity contribution in [1.29, 1.82) is 0 Å². The molecule has 33 heavy (non-hydrogen) atoms. The number of carbonyl (C=O) groups is 1. The highest BCUT2D eigenvalue weighted by Gasteiger charge is 2.35. The van der Waals surface area contributed by atoms with Crippen LogP contribution in [-0.2, 0) is 4.79 Å². The first-order valence-electron chi connectivity index (χ1n) is 13.4. The van der Waals surface area contributed by atoms with E-state index < -0.39 is 0 Å². The third kappa shape index (κ3) is 16.0. The molecule has 0 bridgehead atoms. The molecule has 0 rings (SSSR count). The van der Waals surface area contributed by atoms with E-state index in [0.717, 1.165) is 39.0 Å². The predicted octanol–water partition coefficient (Wildman–Crippen LogP) is 6.39. The summed E-state index contributed by atoms with van der Waals surface area (Å²) in [6.45, 7) is 36.3. The summed E-state index contributed by atoms with van der Waals surface area (Å²) < 4.78 is 0. The topological polar surface area (TPSA) is 44.4 Å². The Morgan fingerprint density at radius 2 is 0.970 bits per heavy atom. The van der Waals surface area contributed by atoms with E-state index in [4.69, 9.17) is 0 Å². The Labute approximate surface area is 208 Å². The van der Waals surface area contributed by atoms with Crippen LogP contribution in [0, 0.1) is 27.6 Å². The normalized spacial score (nSPS) is 14.2. The van der Waals surface area contributed by atoms with Crippen LogP contribution in [0.5, 0.6) is 0 Å². The van der Waals surface area contributed by atoms with Gasteiger partial charge in [0, 0.05) is 44.2 Å². The van der Waals surface area contributed by atoms with E-state index in [-0.39, 0.29) is 27.6 Å². The summed E-state index contributed by atoms with van der Waals surface area (Å²) in [6, 6.07) is 1.00. The minimum atomic E-state index is 0.0806. The second kappa shape index (κ2) is 13.0. The van der Waals surface area contributed by atoms with Crippen LogP contribution in [0.2, 0.25) is 0 Å². The van der Waals surface area contributed by atoms with Crippen molar-refractivity contribution < 1.29 is 4.79 Å². The molecule has 0 atom stereocenters. The average Bonchev–Trinajstić information content (AvgIpc) is 2.55. The van der Waals surface area contributed by atoms with Gasteiger partial charge in [0.2, 0.25) is 0 Å². The number of carbonyl (C=O) groups excluding carboxylic acids is 1. The summed E-state index contributed by atoms with van der Waals surface area (Å²) >= 11 is 0. The minimum absolute atomic E-state index is 0.0806. The van der Waals surface area contributed by atoms with Crippen LogP contribution in [-0.4, -0.2) is 55.5 Å². The number of nitrogens with zero attached hydrogens (tertiary/aromatic N) is 1. The summed E-state index contributed by atoms with van der Waals surface area (Å²) in [5.74, 6) is 0.431. The molecule has 0 amide bonds. The molecule has 0 aromatic heterocycles. The molecule has 0 heterocycles. The van der Waals surface area contributed by atoms with Gasteiger partial charge in [0.05, 0.1) is 6.54 Å². The van der Waals surface area contributed by atoms with E-state index in [0.29, 0.717) is 24.4 Å². The first-order valence-corrected chi connectivity index (χ1v) is 13.4. The van der Waals surface area contributed by atoms with Crippen molar-refractivity contribution >= 4 is 5.78 Å². The number of hydrogen-bond donors (Lipinski definition) is 2. The molecule has 0 saturated carbocycles. The van der Waals surface area contributed by atoms with E-state index in [1.165, 1.54) is 0 Å². The molecule has 4 heteroatoms. The van der Waals surface area contributed by atoms with Crippen molar-refractivity contribution in [2.45, 2.75) is 122 Å². The lowest BCUT2D eigenvalue weighted by molar-refractivity contribution is -0.123. The van der Waals surface area contributed by atoms with Crippen molar-refractivity contribution in [3.8, 4) is 0 Å². The highest BCUT2D eigenvalue weighted by molar-refractivity contribution is 5.82.